The van der Waals surface area contributed by atoms with Gasteiger partial charge in [0.25, 0.3) is 0 Å². The summed E-state index contributed by atoms with van der Waals surface area (Å²) in [5.41, 5.74) is 0.540. The van der Waals surface area contributed by atoms with Crippen LogP contribution >= 0.6 is 0 Å². The summed E-state index contributed by atoms with van der Waals surface area (Å²) in [4.78, 5) is 0. The summed E-state index contributed by atoms with van der Waals surface area (Å²) in [6.07, 6.45) is 8.82. The van der Waals surface area contributed by atoms with Crippen LogP contribution in [0.1, 0.15) is 66.2 Å². The van der Waals surface area contributed by atoms with Crippen molar-refractivity contribution in [3.05, 3.63) is 0 Å². The Balaban J connectivity index is 2.34. The molecule has 1 aliphatic carbocycles. The highest BCUT2D eigenvalue weighted by molar-refractivity contribution is 4.73. The van der Waals surface area contributed by atoms with Crippen molar-refractivity contribution < 1.29 is 0 Å². The van der Waals surface area contributed by atoms with E-state index in [1.165, 1.54) is 38.5 Å². The molecule has 0 aliphatic heterocycles. The Kier molecular flexibility index (Phi) is 3.82. The minimum Gasteiger partial charge on any atom is -0.0625 e. The largest absolute Gasteiger partial charge is 0.0625 e. The van der Waals surface area contributed by atoms with E-state index in [9.17, 15) is 0 Å². The molecule has 0 aromatic heterocycles. The zero-order valence-corrected chi connectivity index (χ0v) is 9.90. The summed E-state index contributed by atoms with van der Waals surface area (Å²) in [7, 11) is 0. The summed E-state index contributed by atoms with van der Waals surface area (Å²) < 4.78 is 0. The lowest BCUT2D eigenvalue weighted by molar-refractivity contribution is 0.271. The summed E-state index contributed by atoms with van der Waals surface area (Å²) in [6, 6.07) is 0. The third-order valence-electron chi connectivity index (χ3n) is 3.28. The van der Waals surface area contributed by atoms with Gasteiger partial charge in [0.15, 0.2) is 0 Å². The first-order valence-corrected chi connectivity index (χ1v) is 5.97. The van der Waals surface area contributed by atoms with E-state index in [2.05, 4.69) is 27.7 Å². The van der Waals surface area contributed by atoms with E-state index in [1.54, 1.807) is 0 Å². The van der Waals surface area contributed by atoms with E-state index >= 15 is 0 Å². The maximum absolute atomic E-state index is 2.42. The van der Waals surface area contributed by atoms with Gasteiger partial charge >= 0.3 is 0 Å². The van der Waals surface area contributed by atoms with E-state index in [0.717, 1.165) is 11.8 Å². The SMILES string of the molecule is CC1CCCC(CC(C)(C)C)CC1. The first-order valence-electron chi connectivity index (χ1n) is 5.97. The molecule has 1 aliphatic rings. The van der Waals surface area contributed by atoms with Crippen LogP contribution in [0.2, 0.25) is 0 Å². The molecular formula is C13H26. The lowest BCUT2D eigenvalue weighted by Crippen LogP contribution is -2.12. The monoisotopic (exact) mass is 182 g/mol. The highest BCUT2D eigenvalue weighted by Crippen LogP contribution is 2.34. The van der Waals surface area contributed by atoms with Gasteiger partial charge in [0.05, 0.1) is 0 Å². The van der Waals surface area contributed by atoms with Crippen LogP contribution in [0.15, 0.2) is 0 Å². The molecule has 2 unspecified atom stereocenters. The smallest absolute Gasteiger partial charge is 0.0380 e. The number of hydrogen-bond donors (Lipinski definition) is 0. The average Bonchev–Trinajstić information content (AvgIpc) is 2.12. The van der Waals surface area contributed by atoms with Crippen molar-refractivity contribution in [2.24, 2.45) is 17.3 Å². The Morgan fingerprint density at radius 1 is 1.00 bits per heavy atom. The van der Waals surface area contributed by atoms with E-state index in [0.29, 0.717) is 5.41 Å². The topological polar surface area (TPSA) is 0 Å². The quantitative estimate of drug-likeness (QED) is 0.518. The van der Waals surface area contributed by atoms with Crippen LogP contribution in [-0.2, 0) is 0 Å². The van der Waals surface area contributed by atoms with E-state index in [-0.39, 0.29) is 0 Å². The molecule has 1 saturated carbocycles. The second kappa shape index (κ2) is 4.48. The van der Waals surface area contributed by atoms with Gasteiger partial charge in [0.2, 0.25) is 0 Å². The molecule has 1 fully saturated rings. The molecule has 0 amide bonds. The van der Waals surface area contributed by atoms with Gasteiger partial charge < -0.3 is 0 Å². The Morgan fingerprint density at radius 3 is 2.31 bits per heavy atom. The Morgan fingerprint density at radius 2 is 1.69 bits per heavy atom. The van der Waals surface area contributed by atoms with Gasteiger partial charge in [-0.15, -0.1) is 0 Å². The fraction of sp³-hybridized carbons (Fsp3) is 1.00. The fourth-order valence-corrected chi connectivity index (χ4v) is 2.63. The van der Waals surface area contributed by atoms with Crippen molar-refractivity contribution in [3.63, 3.8) is 0 Å². The van der Waals surface area contributed by atoms with Gasteiger partial charge in [-0.25, -0.2) is 0 Å². The molecule has 0 spiro atoms. The summed E-state index contributed by atoms with van der Waals surface area (Å²) in [6.45, 7) is 9.55. The van der Waals surface area contributed by atoms with Crippen LogP contribution < -0.4 is 0 Å². The minimum absolute atomic E-state index is 0.540. The molecule has 0 aromatic carbocycles. The van der Waals surface area contributed by atoms with E-state index in [4.69, 9.17) is 0 Å². The minimum atomic E-state index is 0.540. The lowest BCUT2D eigenvalue weighted by Gasteiger charge is -2.24. The maximum atomic E-state index is 2.42. The predicted octanol–water partition coefficient (Wildman–Crippen LogP) is 4.64. The summed E-state index contributed by atoms with van der Waals surface area (Å²) in [5, 5.41) is 0. The normalized spacial score (nSPS) is 31.4. The van der Waals surface area contributed by atoms with Crippen LogP contribution in [0, 0.1) is 17.3 Å². The van der Waals surface area contributed by atoms with Gasteiger partial charge in [-0.05, 0) is 23.7 Å². The van der Waals surface area contributed by atoms with Gasteiger partial charge in [-0.2, -0.15) is 0 Å². The van der Waals surface area contributed by atoms with Crippen LogP contribution in [0.3, 0.4) is 0 Å². The van der Waals surface area contributed by atoms with Gasteiger partial charge in [-0.3, -0.25) is 0 Å². The molecule has 1 rings (SSSR count). The molecule has 2 atom stereocenters. The van der Waals surface area contributed by atoms with Crippen molar-refractivity contribution in [2.75, 3.05) is 0 Å². The first kappa shape index (κ1) is 11.1. The highest BCUT2D eigenvalue weighted by Gasteiger charge is 2.21. The van der Waals surface area contributed by atoms with Gasteiger partial charge in [0.1, 0.15) is 0 Å². The van der Waals surface area contributed by atoms with Crippen molar-refractivity contribution in [1.82, 2.24) is 0 Å². The second-order valence-corrected chi connectivity index (χ2v) is 6.24. The Labute approximate surface area is 84.1 Å². The summed E-state index contributed by atoms with van der Waals surface area (Å²) in [5.74, 6) is 2.01. The van der Waals surface area contributed by atoms with Crippen molar-refractivity contribution >= 4 is 0 Å². The first-order chi connectivity index (χ1) is 5.97. The Hall–Kier alpha value is 0. The molecule has 0 bridgehead atoms. The van der Waals surface area contributed by atoms with E-state index < -0.39 is 0 Å². The van der Waals surface area contributed by atoms with Crippen LogP contribution in [-0.4, -0.2) is 0 Å². The molecule has 0 radical (unpaired) electrons. The lowest BCUT2D eigenvalue weighted by atomic mass is 9.81. The van der Waals surface area contributed by atoms with Gasteiger partial charge in [-0.1, -0.05) is 59.8 Å². The standard InChI is InChI=1S/C13H26/c1-11-6-5-7-12(9-8-11)10-13(2,3)4/h11-12H,5-10H2,1-4H3. The number of hydrogen-bond acceptors (Lipinski definition) is 0. The zero-order chi connectivity index (χ0) is 9.90. The molecule has 0 nitrogen and oxygen atoms in total. The van der Waals surface area contributed by atoms with Crippen LogP contribution in [0.4, 0.5) is 0 Å². The van der Waals surface area contributed by atoms with Gasteiger partial charge in [0, 0.05) is 0 Å². The van der Waals surface area contributed by atoms with Crippen molar-refractivity contribution in [3.8, 4) is 0 Å². The van der Waals surface area contributed by atoms with Crippen molar-refractivity contribution in [1.29, 1.82) is 0 Å². The van der Waals surface area contributed by atoms with Crippen LogP contribution in [0.5, 0.6) is 0 Å². The highest BCUT2D eigenvalue weighted by atomic mass is 14.3. The molecular weight excluding hydrogens is 156 g/mol. The molecule has 0 N–H and O–H groups in total. The maximum Gasteiger partial charge on any atom is -0.0380 e. The summed E-state index contributed by atoms with van der Waals surface area (Å²) >= 11 is 0. The molecule has 0 heteroatoms. The second-order valence-electron chi connectivity index (χ2n) is 6.24. The molecule has 0 heterocycles. The van der Waals surface area contributed by atoms with Crippen LogP contribution in [0.25, 0.3) is 0 Å². The molecule has 0 aromatic rings. The zero-order valence-electron chi connectivity index (χ0n) is 9.90. The van der Waals surface area contributed by atoms with E-state index in [1.807, 2.05) is 0 Å². The third kappa shape index (κ3) is 4.69. The molecule has 13 heavy (non-hydrogen) atoms. The molecule has 78 valence electrons. The Bertz CT molecular complexity index is 141. The third-order valence-corrected chi connectivity index (χ3v) is 3.28. The fourth-order valence-electron chi connectivity index (χ4n) is 2.63. The predicted molar refractivity (Wildman–Crippen MR) is 59.8 cm³/mol. The van der Waals surface area contributed by atoms with Crippen molar-refractivity contribution in [2.45, 2.75) is 66.2 Å². The average molecular weight is 182 g/mol. The molecule has 0 saturated heterocycles. The number of rotatable bonds is 1.